The summed E-state index contributed by atoms with van der Waals surface area (Å²) in [5.74, 6) is 0. The van der Waals surface area contributed by atoms with Crippen LogP contribution >= 0.6 is 0 Å². The lowest BCUT2D eigenvalue weighted by molar-refractivity contribution is 0.330. The van der Waals surface area contributed by atoms with Crippen molar-refractivity contribution in [2.75, 3.05) is 9.80 Å². The summed E-state index contributed by atoms with van der Waals surface area (Å²) in [6.07, 6.45) is 5.54. The van der Waals surface area contributed by atoms with Crippen LogP contribution in [0.5, 0.6) is 0 Å². The Hall–Kier alpha value is -5.02. The summed E-state index contributed by atoms with van der Waals surface area (Å²) in [5.41, 5.74) is 23.9. The van der Waals surface area contributed by atoms with Crippen LogP contribution in [0.1, 0.15) is 169 Å². The van der Waals surface area contributed by atoms with Crippen LogP contribution in [0.4, 0.5) is 34.1 Å². The largest absolute Gasteiger partial charge is 0.311 e. The second-order valence-electron chi connectivity index (χ2n) is 24.9. The predicted octanol–water partition coefficient (Wildman–Crippen LogP) is 15.0. The van der Waals surface area contributed by atoms with Gasteiger partial charge in [0, 0.05) is 38.2 Å². The number of nitrogens with zero attached hydrogens (tertiary/aromatic N) is 2. The first kappa shape index (κ1) is 39.2. The van der Waals surface area contributed by atoms with Gasteiger partial charge >= 0.3 is 0 Å². The molecule has 0 saturated carbocycles. The maximum atomic E-state index is 9.20. The molecule has 0 amide bonds. The second-order valence-corrected chi connectivity index (χ2v) is 24.9. The van der Waals surface area contributed by atoms with E-state index in [9.17, 15) is 4.11 Å². The van der Waals surface area contributed by atoms with Gasteiger partial charge in [-0.05, 0) is 199 Å². The van der Waals surface area contributed by atoms with E-state index in [1.807, 2.05) is 12.1 Å². The number of anilines is 6. The molecule has 65 heavy (non-hydrogen) atoms. The van der Waals surface area contributed by atoms with E-state index >= 15 is 0 Å². The van der Waals surface area contributed by atoms with Crippen LogP contribution in [-0.4, -0.2) is 6.71 Å². The van der Waals surface area contributed by atoms with Crippen molar-refractivity contribution in [2.45, 2.75) is 168 Å². The molecule has 0 unspecified atom stereocenters. The molecule has 0 radical (unpaired) electrons. The molecule has 0 spiro atoms. The fourth-order valence-corrected chi connectivity index (χ4v) is 14.0. The third-order valence-corrected chi connectivity index (χ3v) is 17.5. The van der Waals surface area contributed by atoms with Gasteiger partial charge in [0.05, 0.1) is 0 Å². The van der Waals surface area contributed by atoms with Crippen LogP contribution in [0.25, 0.3) is 11.1 Å². The van der Waals surface area contributed by atoms with Crippen LogP contribution in [0.3, 0.4) is 0 Å². The molecule has 2 nitrogen and oxygen atoms in total. The van der Waals surface area contributed by atoms with Crippen LogP contribution < -0.4 is 26.2 Å². The molecule has 3 heteroatoms. The quantitative estimate of drug-likeness (QED) is 0.163. The maximum Gasteiger partial charge on any atom is 0.252 e. The average Bonchev–Trinajstić information content (AvgIpc) is 3.44. The standard InChI is InChI=1S/C62H71BN2/c1-37-29-53-56-54(30-37)65(51-34-46-43(31-38(51)2)61(12,13)36-62(46,14)15)52-35-45-44(58(6,7)25-26-59(45,8)9)33-48(52)63(56)47-32-41(40-19-17-16-18-20-40)21-23-50(47)64(53)49-24-22-42-55(39(49)3)60(10,11)28-27-57(42,4)5/h16-24,29-35H,25-28,36H2,1-15H3/i1D3. The van der Waals surface area contributed by atoms with Crippen molar-refractivity contribution in [2.24, 2.45) is 0 Å². The Bertz CT molecular complexity index is 3130. The molecule has 332 valence electrons. The molecule has 6 aromatic carbocycles. The normalized spacial score (nSPS) is 21.4. The lowest BCUT2D eigenvalue weighted by Gasteiger charge is -2.48. The minimum absolute atomic E-state index is 0.0196. The van der Waals surface area contributed by atoms with Gasteiger partial charge in [0.25, 0.3) is 6.71 Å². The number of aryl methyl sites for hydroxylation is 2. The van der Waals surface area contributed by atoms with Gasteiger partial charge < -0.3 is 9.80 Å². The van der Waals surface area contributed by atoms with Gasteiger partial charge in [0.2, 0.25) is 0 Å². The number of hydrogen-bond acceptors (Lipinski definition) is 2. The monoisotopic (exact) mass is 858 g/mol. The lowest BCUT2D eigenvalue weighted by Crippen LogP contribution is -2.62. The molecule has 11 rings (SSSR count). The molecule has 5 aliphatic rings. The Balaban J connectivity index is 1.30. The van der Waals surface area contributed by atoms with E-state index in [-0.39, 0.29) is 39.2 Å². The summed E-state index contributed by atoms with van der Waals surface area (Å²) >= 11 is 0. The Morgan fingerprint density at radius 3 is 1.62 bits per heavy atom. The highest BCUT2D eigenvalue weighted by Crippen LogP contribution is 2.56. The first-order valence-corrected chi connectivity index (χ1v) is 24.6. The van der Waals surface area contributed by atoms with Gasteiger partial charge in [0.15, 0.2) is 0 Å². The van der Waals surface area contributed by atoms with Crippen molar-refractivity contribution in [1.29, 1.82) is 0 Å². The topological polar surface area (TPSA) is 6.48 Å². The number of rotatable bonds is 3. The number of fused-ring (bicyclic) bond motifs is 7. The summed E-state index contributed by atoms with van der Waals surface area (Å²) in [5, 5.41) is 0. The minimum atomic E-state index is -2.35. The zero-order valence-corrected chi connectivity index (χ0v) is 41.7. The second kappa shape index (κ2) is 13.5. The fraction of sp³-hybridized carbons (Fsp3) is 0.419. The van der Waals surface area contributed by atoms with E-state index in [0.29, 0.717) is 5.56 Å². The highest BCUT2D eigenvalue weighted by Gasteiger charge is 2.49. The Kier molecular flexibility index (Phi) is 8.17. The molecule has 6 aromatic rings. The van der Waals surface area contributed by atoms with Crippen molar-refractivity contribution < 1.29 is 4.11 Å². The Labute approximate surface area is 396 Å². The van der Waals surface area contributed by atoms with Crippen molar-refractivity contribution in [3.05, 3.63) is 147 Å². The highest BCUT2D eigenvalue weighted by molar-refractivity contribution is 7.00. The van der Waals surface area contributed by atoms with Gasteiger partial charge in [-0.3, -0.25) is 0 Å². The summed E-state index contributed by atoms with van der Waals surface area (Å²) in [4.78, 5) is 4.99. The molecule has 0 fully saturated rings. The molecule has 3 aliphatic carbocycles. The van der Waals surface area contributed by atoms with Gasteiger partial charge in [0.1, 0.15) is 0 Å². The molecular weight excluding hydrogens is 784 g/mol. The lowest BCUT2D eigenvalue weighted by atomic mass is 9.33. The van der Waals surface area contributed by atoms with Crippen LogP contribution in [0.15, 0.2) is 97.1 Å². The zero-order chi connectivity index (χ0) is 48.6. The third-order valence-electron chi connectivity index (χ3n) is 17.5. The van der Waals surface area contributed by atoms with Crippen LogP contribution in [0, 0.1) is 20.7 Å². The average molecular weight is 858 g/mol. The number of hydrogen-bond donors (Lipinski definition) is 0. The summed E-state index contributed by atoms with van der Waals surface area (Å²) in [7, 11) is 0. The van der Waals surface area contributed by atoms with Gasteiger partial charge in [-0.2, -0.15) is 0 Å². The van der Waals surface area contributed by atoms with Gasteiger partial charge in [-0.25, -0.2) is 0 Å². The molecule has 0 N–H and O–H groups in total. The molecule has 0 saturated heterocycles. The predicted molar refractivity (Wildman–Crippen MR) is 281 cm³/mol. The molecule has 2 aliphatic heterocycles. The molecule has 0 aromatic heterocycles. The van der Waals surface area contributed by atoms with E-state index in [4.69, 9.17) is 0 Å². The van der Waals surface area contributed by atoms with Crippen LogP contribution in [0.2, 0.25) is 0 Å². The first-order chi connectivity index (χ1) is 31.6. The highest BCUT2D eigenvalue weighted by atomic mass is 15.2. The Morgan fingerprint density at radius 2 is 0.969 bits per heavy atom. The van der Waals surface area contributed by atoms with E-state index < -0.39 is 6.85 Å². The molecule has 2 heterocycles. The van der Waals surface area contributed by atoms with Crippen molar-refractivity contribution in [1.82, 2.24) is 0 Å². The van der Waals surface area contributed by atoms with E-state index in [0.717, 1.165) is 66.2 Å². The summed E-state index contributed by atoms with van der Waals surface area (Å²) in [6, 6.07) is 36.8. The van der Waals surface area contributed by atoms with E-state index in [1.165, 1.54) is 72.0 Å². The van der Waals surface area contributed by atoms with Gasteiger partial charge in [-0.1, -0.05) is 144 Å². The minimum Gasteiger partial charge on any atom is -0.311 e. The number of benzene rings is 6. The summed E-state index contributed by atoms with van der Waals surface area (Å²) in [6.45, 7) is 31.1. The van der Waals surface area contributed by atoms with Crippen molar-refractivity contribution in [3.63, 3.8) is 0 Å². The van der Waals surface area contributed by atoms with E-state index in [2.05, 4.69) is 192 Å². The SMILES string of the molecule is [2H]C([2H])([2H])c1cc2c3c(c1)N(c1ccc4c(c1C)C(C)(C)CCC4(C)C)c1ccc(-c4ccccc4)cc1B3c1cc3c(cc1N2c1cc2c(cc1C)C(C)(C)CC2(C)C)C(C)(C)CCC3(C)C. The summed E-state index contributed by atoms with van der Waals surface area (Å²) < 4.78 is 27.6. The van der Waals surface area contributed by atoms with E-state index in [1.54, 1.807) is 0 Å². The zero-order valence-electron chi connectivity index (χ0n) is 44.7. The molecule has 0 atom stereocenters. The van der Waals surface area contributed by atoms with Crippen molar-refractivity contribution >= 4 is 57.2 Å². The molecular formula is C62H71BN2. The van der Waals surface area contributed by atoms with Crippen molar-refractivity contribution in [3.8, 4) is 11.1 Å². The first-order valence-electron chi connectivity index (χ1n) is 26.1. The maximum absolute atomic E-state index is 9.20. The molecule has 0 bridgehead atoms. The smallest absolute Gasteiger partial charge is 0.252 e. The van der Waals surface area contributed by atoms with Crippen LogP contribution in [-0.2, 0) is 32.5 Å². The van der Waals surface area contributed by atoms with Gasteiger partial charge in [-0.15, -0.1) is 0 Å². The fourth-order valence-electron chi connectivity index (χ4n) is 14.0. The third kappa shape index (κ3) is 6.11. The Morgan fingerprint density at radius 1 is 0.446 bits per heavy atom.